The third kappa shape index (κ3) is 2.18. The third-order valence-electron chi connectivity index (χ3n) is 3.08. The quantitative estimate of drug-likeness (QED) is 0.774. The van der Waals surface area contributed by atoms with Crippen molar-refractivity contribution in [3.8, 4) is 0 Å². The first-order chi connectivity index (χ1) is 8.65. The predicted octanol–water partition coefficient (Wildman–Crippen LogP) is 2.06. The molecule has 2 rings (SSSR count). The lowest BCUT2D eigenvalue weighted by Crippen LogP contribution is -2.21. The van der Waals surface area contributed by atoms with E-state index < -0.39 is 0 Å². The van der Waals surface area contributed by atoms with E-state index in [9.17, 15) is 4.79 Å². The van der Waals surface area contributed by atoms with Gasteiger partial charge in [-0.3, -0.25) is 4.79 Å². The maximum atomic E-state index is 12.2. The first-order valence-electron chi connectivity index (χ1n) is 6.04. The molecule has 0 aromatic carbocycles. The number of rotatable bonds is 4. The van der Waals surface area contributed by atoms with Crippen LogP contribution in [0.25, 0.3) is 0 Å². The van der Waals surface area contributed by atoms with E-state index >= 15 is 0 Å². The summed E-state index contributed by atoms with van der Waals surface area (Å²) in [6.45, 7) is 2.22. The normalized spacial score (nSPS) is 10.9. The molecule has 4 nitrogen and oxygen atoms in total. The van der Waals surface area contributed by atoms with Crippen molar-refractivity contribution < 1.29 is 9.53 Å². The molecule has 0 spiro atoms. The molecule has 0 saturated carbocycles. The van der Waals surface area contributed by atoms with Crippen LogP contribution in [0.5, 0.6) is 0 Å². The molecule has 0 aliphatic heterocycles. The third-order valence-corrected chi connectivity index (χ3v) is 3.08. The molecular formula is C14H18N2O2. The summed E-state index contributed by atoms with van der Waals surface area (Å²) in [4.78, 5) is 12.2. The van der Waals surface area contributed by atoms with E-state index in [2.05, 4.69) is 0 Å². The Labute approximate surface area is 107 Å². The topological polar surface area (TPSA) is 36.2 Å². The number of ether oxygens (including phenoxy) is 1. The Hall–Kier alpha value is -1.97. The maximum Gasteiger partial charge on any atom is 0.321 e. The highest BCUT2D eigenvalue weighted by atomic mass is 16.5. The lowest BCUT2D eigenvalue weighted by atomic mass is 10.0. The first-order valence-corrected chi connectivity index (χ1v) is 6.04. The summed E-state index contributed by atoms with van der Waals surface area (Å²) in [6, 6.07) is 7.78. The number of carbonyl (C=O) groups is 1. The van der Waals surface area contributed by atoms with E-state index in [1.807, 2.05) is 66.8 Å². The van der Waals surface area contributed by atoms with Crippen molar-refractivity contribution in [3.63, 3.8) is 0 Å². The minimum atomic E-state index is -0.370. The van der Waals surface area contributed by atoms with E-state index in [1.54, 1.807) is 0 Å². The highest BCUT2D eigenvalue weighted by Crippen LogP contribution is 2.26. The molecule has 0 radical (unpaired) electrons. The van der Waals surface area contributed by atoms with Gasteiger partial charge in [0, 0.05) is 37.9 Å². The zero-order valence-corrected chi connectivity index (χ0v) is 11.0. The zero-order chi connectivity index (χ0) is 13.1. The van der Waals surface area contributed by atoms with Gasteiger partial charge in [0.25, 0.3) is 0 Å². The molecule has 4 heteroatoms. The van der Waals surface area contributed by atoms with Gasteiger partial charge in [-0.25, -0.2) is 0 Å². The van der Waals surface area contributed by atoms with Crippen LogP contribution in [-0.2, 0) is 23.6 Å². The summed E-state index contributed by atoms with van der Waals surface area (Å²) in [6.07, 6.45) is 3.87. The fourth-order valence-electron chi connectivity index (χ4n) is 2.17. The summed E-state index contributed by atoms with van der Waals surface area (Å²) < 4.78 is 9.10. The van der Waals surface area contributed by atoms with Crippen LogP contribution in [0.1, 0.15) is 24.2 Å². The fourth-order valence-corrected chi connectivity index (χ4v) is 2.17. The van der Waals surface area contributed by atoms with Crippen molar-refractivity contribution in [1.29, 1.82) is 0 Å². The number of nitrogens with zero attached hydrogens (tertiary/aromatic N) is 2. The number of aromatic nitrogens is 2. The van der Waals surface area contributed by atoms with Gasteiger partial charge in [-0.15, -0.1) is 0 Å². The van der Waals surface area contributed by atoms with Crippen LogP contribution in [0, 0.1) is 0 Å². The molecule has 96 valence electrons. The Bertz CT molecular complexity index is 499. The molecule has 2 aromatic rings. The van der Waals surface area contributed by atoms with E-state index in [-0.39, 0.29) is 11.9 Å². The lowest BCUT2D eigenvalue weighted by Gasteiger charge is -2.17. The summed E-state index contributed by atoms with van der Waals surface area (Å²) in [5, 5.41) is 0. The van der Waals surface area contributed by atoms with Gasteiger partial charge in [0.05, 0.1) is 6.61 Å². The molecule has 2 aromatic heterocycles. The molecule has 0 aliphatic rings. The number of esters is 1. The molecule has 0 unspecified atom stereocenters. The molecule has 0 N–H and O–H groups in total. The number of carbonyl (C=O) groups excluding carboxylic acids is 1. The Morgan fingerprint density at radius 2 is 1.67 bits per heavy atom. The van der Waals surface area contributed by atoms with Crippen molar-refractivity contribution in [1.82, 2.24) is 9.13 Å². The van der Waals surface area contributed by atoms with E-state index in [1.165, 1.54) is 0 Å². The zero-order valence-electron chi connectivity index (χ0n) is 11.0. The molecule has 18 heavy (non-hydrogen) atoms. The average Bonchev–Trinajstić information content (AvgIpc) is 2.91. The van der Waals surface area contributed by atoms with Crippen molar-refractivity contribution in [2.24, 2.45) is 14.1 Å². The first kappa shape index (κ1) is 12.5. The molecule has 2 heterocycles. The molecule has 0 bridgehead atoms. The van der Waals surface area contributed by atoms with Crippen molar-refractivity contribution in [2.45, 2.75) is 12.8 Å². The standard InChI is InChI=1S/C14H18N2O2/c1-4-18-14(17)13(11-7-5-9-15(11)2)12-8-6-10-16(12)3/h5-10,13H,4H2,1-3H3. The van der Waals surface area contributed by atoms with Gasteiger partial charge in [-0.05, 0) is 31.2 Å². The molecule has 0 aliphatic carbocycles. The SMILES string of the molecule is CCOC(=O)C(c1cccn1C)c1cccn1C. The summed E-state index contributed by atoms with van der Waals surface area (Å²) in [5.74, 6) is -0.578. The van der Waals surface area contributed by atoms with Crippen LogP contribution >= 0.6 is 0 Å². The highest BCUT2D eigenvalue weighted by molar-refractivity contribution is 5.81. The molecule has 0 atom stereocenters. The fraction of sp³-hybridized carbons (Fsp3) is 0.357. The van der Waals surface area contributed by atoms with E-state index in [0.29, 0.717) is 6.61 Å². The van der Waals surface area contributed by atoms with Crippen molar-refractivity contribution in [3.05, 3.63) is 48.0 Å². The van der Waals surface area contributed by atoms with Crippen LogP contribution in [0.3, 0.4) is 0 Å². The molecule has 0 amide bonds. The van der Waals surface area contributed by atoms with Crippen LogP contribution in [0.15, 0.2) is 36.7 Å². The summed E-state index contributed by atoms with van der Waals surface area (Å²) >= 11 is 0. The van der Waals surface area contributed by atoms with Crippen molar-refractivity contribution >= 4 is 5.97 Å². The van der Waals surface area contributed by atoms with Gasteiger partial charge >= 0.3 is 5.97 Å². The highest BCUT2D eigenvalue weighted by Gasteiger charge is 2.27. The Kier molecular flexibility index (Phi) is 3.55. The second-order valence-electron chi connectivity index (χ2n) is 4.27. The van der Waals surface area contributed by atoms with Gasteiger partial charge in [0.2, 0.25) is 0 Å². The van der Waals surface area contributed by atoms with Gasteiger partial charge in [-0.1, -0.05) is 0 Å². The number of aryl methyl sites for hydroxylation is 2. The maximum absolute atomic E-state index is 12.2. The van der Waals surface area contributed by atoms with Crippen LogP contribution in [-0.4, -0.2) is 21.7 Å². The monoisotopic (exact) mass is 246 g/mol. The summed E-state index contributed by atoms with van der Waals surface area (Å²) in [7, 11) is 3.87. The van der Waals surface area contributed by atoms with Gasteiger partial charge in [0.15, 0.2) is 0 Å². The molecule has 0 fully saturated rings. The van der Waals surface area contributed by atoms with E-state index in [0.717, 1.165) is 11.4 Å². The largest absolute Gasteiger partial charge is 0.465 e. The molecular weight excluding hydrogens is 228 g/mol. The Morgan fingerprint density at radius 3 is 2.00 bits per heavy atom. The van der Waals surface area contributed by atoms with E-state index in [4.69, 9.17) is 4.74 Å². The van der Waals surface area contributed by atoms with Gasteiger partial charge < -0.3 is 13.9 Å². The second kappa shape index (κ2) is 5.12. The second-order valence-corrected chi connectivity index (χ2v) is 4.27. The van der Waals surface area contributed by atoms with Gasteiger partial charge in [-0.2, -0.15) is 0 Å². The van der Waals surface area contributed by atoms with Crippen LogP contribution in [0.2, 0.25) is 0 Å². The minimum absolute atomic E-state index is 0.207. The average molecular weight is 246 g/mol. The van der Waals surface area contributed by atoms with Crippen LogP contribution in [0.4, 0.5) is 0 Å². The molecule has 0 saturated heterocycles. The predicted molar refractivity (Wildman–Crippen MR) is 69.3 cm³/mol. The summed E-state index contributed by atoms with van der Waals surface area (Å²) in [5.41, 5.74) is 1.88. The smallest absolute Gasteiger partial charge is 0.321 e. The van der Waals surface area contributed by atoms with Gasteiger partial charge in [0.1, 0.15) is 5.92 Å². The minimum Gasteiger partial charge on any atom is -0.465 e. The lowest BCUT2D eigenvalue weighted by molar-refractivity contribution is -0.144. The van der Waals surface area contributed by atoms with Crippen molar-refractivity contribution in [2.75, 3.05) is 6.61 Å². The number of hydrogen-bond donors (Lipinski definition) is 0. The Morgan fingerprint density at radius 1 is 1.17 bits per heavy atom. The number of hydrogen-bond acceptors (Lipinski definition) is 2. The Balaban J connectivity index is 2.45. The van der Waals surface area contributed by atoms with Crippen LogP contribution < -0.4 is 0 Å².